The minimum Gasteiger partial charge on any atom is -0.398 e. The second-order valence-corrected chi connectivity index (χ2v) is 4.37. The fourth-order valence-electron chi connectivity index (χ4n) is 1.67. The van der Waals surface area contributed by atoms with E-state index in [-0.39, 0.29) is 0 Å². The molecule has 0 aromatic carbocycles. The van der Waals surface area contributed by atoms with Gasteiger partial charge >= 0.3 is 23.7 Å². The standard InChI is InChI=1S/C8N12O8/c21-19(22)3-1(15-27-17-3)5-9-11-7(25-5)13-14-8-12-10-6(26-8)2-4(20(23)24)18-28-16-2. The van der Waals surface area contributed by atoms with Crippen LogP contribution in [0.4, 0.5) is 23.7 Å². The van der Waals surface area contributed by atoms with Crippen molar-refractivity contribution >= 4 is 23.7 Å². The molecule has 0 aliphatic carbocycles. The summed E-state index contributed by atoms with van der Waals surface area (Å²) in [6.07, 6.45) is 0. The van der Waals surface area contributed by atoms with Crippen LogP contribution in [0.1, 0.15) is 0 Å². The number of azo groups is 1. The van der Waals surface area contributed by atoms with Gasteiger partial charge in [-0.15, -0.1) is 19.5 Å². The molecular formula is C8N12O8. The van der Waals surface area contributed by atoms with Gasteiger partial charge in [0, 0.05) is 0 Å². The van der Waals surface area contributed by atoms with Gasteiger partial charge in [-0.3, -0.25) is 0 Å². The van der Waals surface area contributed by atoms with Crippen LogP contribution in [0, 0.1) is 20.2 Å². The maximum absolute atomic E-state index is 10.8. The van der Waals surface area contributed by atoms with Gasteiger partial charge in [0.1, 0.15) is 0 Å². The molecule has 0 N–H and O–H groups in total. The first-order valence-corrected chi connectivity index (χ1v) is 6.56. The smallest absolute Gasteiger partial charge is 0.398 e. The molecule has 0 spiro atoms. The van der Waals surface area contributed by atoms with Crippen molar-refractivity contribution in [1.82, 2.24) is 41.0 Å². The molecule has 0 saturated carbocycles. The lowest BCUT2D eigenvalue weighted by Gasteiger charge is -1.86. The molecule has 4 aromatic rings. The molecule has 4 aromatic heterocycles. The van der Waals surface area contributed by atoms with Gasteiger partial charge in [-0.05, 0) is 20.2 Å². The fourth-order valence-corrected chi connectivity index (χ4v) is 1.67. The highest BCUT2D eigenvalue weighted by molar-refractivity contribution is 5.57. The van der Waals surface area contributed by atoms with Crippen LogP contribution in [-0.2, 0) is 0 Å². The minimum absolute atomic E-state index is 0.405. The number of nitro groups is 2. The minimum atomic E-state index is -0.866. The first kappa shape index (κ1) is 16.4. The average Bonchev–Trinajstić information content (AvgIpc) is 3.46. The van der Waals surface area contributed by atoms with E-state index in [9.17, 15) is 20.2 Å². The molecule has 0 unspecified atom stereocenters. The van der Waals surface area contributed by atoms with E-state index < -0.39 is 56.7 Å². The van der Waals surface area contributed by atoms with E-state index in [1.54, 1.807) is 0 Å². The highest BCUT2D eigenvalue weighted by atomic mass is 16.6. The second kappa shape index (κ2) is 6.36. The Bertz CT molecular complexity index is 1110. The molecule has 28 heavy (non-hydrogen) atoms. The molecule has 0 aliphatic heterocycles. The summed E-state index contributed by atoms with van der Waals surface area (Å²) >= 11 is 0. The van der Waals surface area contributed by atoms with Crippen LogP contribution in [0.25, 0.3) is 23.2 Å². The summed E-state index contributed by atoms with van der Waals surface area (Å²) in [4.78, 5) is 19.8. The number of nitrogens with zero attached hydrogens (tertiary/aromatic N) is 12. The quantitative estimate of drug-likeness (QED) is 0.249. The summed E-state index contributed by atoms with van der Waals surface area (Å²) in [5.41, 5.74) is -0.824. The van der Waals surface area contributed by atoms with Gasteiger partial charge in [-0.1, -0.05) is 20.4 Å². The summed E-state index contributed by atoms with van der Waals surface area (Å²) in [7, 11) is 0. The number of rotatable bonds is 6. The van der Waals surface area contributed by atoms with Crippen molar-refractivity contribution in [3.63, 3.8) is 0 Å². The Kier molecular flexibility index (Phi) is 3.73. The zero-order chi connectivity index (χ0) is 19.7. The van der Waals surface area contributed by atoms with Crippen molar-refractivity contribution in [2.75, 3.05) is 0 Å². The normalized spacial score (nSPS) is 11.3. The lowest BCUT2D eigenvalue weighted by molar-refractivity contribution is -0.390. The van der Waals surface area contributed by atoms with Crippen LogP contribution in [-0.4, -0.2) is 50.9 Å². The van der Waals surface area contributed by atoms with E-state index in [2.05, 4.69) is 60.5 Å². The molecule has 0 fully saturated rings. The fraction of sp³-hybridized carbons (Fsp3) is 0. The molecule has 4 heterocycles. The first-order valence-electron chi connectivity index (χ1n) is 6.56. The molecule has 0 bridgehead atoms. The van der Waals surface area contributed by atoms with Crippen LogP contribution < -0.4 is 0 Å². The predicted molar refractivity (Wildman–Crippen MR) is 72.7 cm³/mol. The first-order chi connectivity index (χ1) is 13.5. The summed E-state index contributed by atoms with van der Waals surface area (Å²) in [6, 6.07) is -0.915. The van der Waals surface area contributed by atoms with E-state index >= 15 is 0 Å². The zero-order valence-electron chi connectivity index (χ0n) is 12.6. The van der Waals surface area contributed by atoms with Crippen molar-refractivity contribution in [3.8, 4) is 23.2 Å². The van der Waals surface area contributed by atoms with E-state index in [1.165, 1.54) is 0 Å². The molecule has 0 saturated heterocycles. The van der Waals surface area contributed by atoms with E-state index in [0.717, 1.165) is 0 Å². The molecule has 0 radical (unpaired) electrons. The van der Waals surface area contributed by atoms with Crippen LogP contribution in [0.15, 0.2) is 28.3 Å². The molecule has 20 nitrogen and oxygen atoms in total. The Morgan fingerprint density at radius 1 is 0.679 bits per heavy atom. The molecular weight excluding hydrogens is 392 g/mol. The second-order valence-electron chi connectivity index (χ2n) is 4.37. The topological polar surface area (TPSA) is 267 Å². The molecule has 140 valence electrons. The Morgan fingerprint density at radius 3 is 1.50 bits per heavy atom. The third-order valence-electron chi connectivity index (χ3n) is 2.74. The Hall–Kier alpha value is -5.04. The molecule has 0 atom stereocenters. The van der Waals surface area contributed by atoms with Crippen LogP contribution >= 0.6 is 0 Å². The molecule has 0 amide bonds. The van der Waals surface area contributed by atoms with E-state index in [4.69, 9.17) is 8.83 Å². The SMILES string of the molecule is O=[N+]([O-])c1nonc1-c1nnc(N=Nc2nnc(-c3nonc3[N+](=O)[O-])o2)o1. The summed E-state index contributed by atoms with van der Waals surface area (Å²) in [6.45, 7) is 0. The summed E-state index contributed by atoms with van der Waals surface area (Å²) < 4.78 is 18.5. The van der Waals surface area contributed by atoms with Crippen LogP contribution in [0.2, 0.25) is 0 Å². The van der Waals surface area contributed by atoms with E-state index in [1.807, 2.05) is 0 Å². The van der Waals surface area contributed by atoms with Gasteiger partial charge in [-0.25, -0.2) is 0 Å². The largest absolute Gasteiger partial charge is 0.447 e. The van der Waals surface area contributed by atoms with Gasteiger partial charge < -0.3 is 29.1 Å². The van der Waals surface area contributed by atoms with Crippen molar-refractivity contribution in [1.29, 1.82) is 0 Å². The maximum atomic E-state index is 10.8. The number of hydrogen-bond acceptors (Lipinski definition) is 18. The summed E-state index contributed by atoms with van der Waals surface area (Å²) in [5, 5.41) is 55.1. The summed E-state index contributed by atoms with van der Waals surface area (Å²) in [5.74, 6) is -2.29. The highest BCUT2D eigenvalue weighted by Crippen LogP contribution is 2.29. The third-order valence-corrected chi connectivity index (χ3v) is 2.74. The van der Waals surface area contributed by atoms with Crippen molar-refractivity contribution in [2.24, 2.45) is 10.2 Å². The van der Waals surface area contributed by atoms with Crippen molar-refractivity contribution in [3.05, 3.63) is 20.2 Å². The zero-order valence-corrected chi connectivity index (χ0v) is 12.6. The van der Waals surface area contributed by atoms with Crippen LogP contribution in [0.5, 0.6) is 0 Å². The Balaban J connectivity index is 1.55. The van der Waals surface area contributed by atoms with Gasteiger partial charge in [0.05, 0.1) is 0 Å². The van der Waals surface area contributed by atoms with Gasteiger partial charge in [0.15, 0.2) is 10.3 Å². The van der Waals surface area contributed by atoms with Crippen molar-refractivity contribution in [2.45, 2.75) is 0 Å². The van der Waals surface area contributed by atoms with E-state index in [0.29, 0.717) is 0 Å². The lowest BCUT2D eigenvalue weighted by atomic mass is 10.4. The number of hydrogen-bond donors (Lipinski definition) is 0. The highest BCUT2D eigenvalue weighted by Gasteiger charge is 2.29. The molecule has 0 aliphatic rings. The van der Waals surface area contributed by atoms with Crippen molar-refractivity contribution < 1.29 is 27.9 Å². The third kappa shape index (κ3) is 2.87. The maximum Gasteiger partial charge on any atom is 0.447 e. The number of aromatic nitrogens is 8. The monoisotopic (exact) mass is 392 g/mol. The average molecular weight is 392 g/mol. The van der Waals surface area contributed by atoms with Gasteiger partial charge in [0.25, 0.3) is 23.2 Å². The lowest BCUT2D eigenvalue weighted by Crippen LogP contribution is -1.91. The van der Waals surface area contributed by atoms with Gasteiger partial charge in [0.2, 0.25) is 0 Å². The predicted octanol–water partition coefficient (Wildman–Crippen LogP) is 0.784. The Labute approximate surface area is 147 Å². The molecule has 20 heteroatoms. The van der Waals surface area contributed by atoms with Gasteiger partial charge in [-0.2, -0.15) is 0 Å². The van der Waals surface area contributed by atoms with Crippen LogP contribution in [0.3, 0.4) is 0 Å². The molecule has 4 rings (SSSR count). The Morgan fingerprint density at radius 2 is 1.11 bits per heavy atom.